The highest BCUT2D eigenvalue weighted by atomic mass is 16.3. The zero-order valence-corrected chi connectivity index (χ0v) is 18.5. The van der Waals surface area contributed by atoms with E-state index in [4.69, 9.17) is 8.53 Å². The van der Waals surface area contributed by atoms with E-state index in [9.17, 15) is 2.74 Å². The van der Waals surface area contributed by atoms with E-state index in [1.807, 2.05) is 55.5 Å². The number of aryl methyl sites for hydroxylation is 2. The van der Waals surface area contributed by atoms with E-state index in [1.54, 1.807) is 20.8 Å². The largest absolute Gasteiger partial charge is 0.437 e. The lowest BCUT2D eigenvalue weighted by atomic mass is 9.83. The van der Waals surface area contributed by atoms with Gasteiger partial charge in [-0.1, -0.05) is 51.1 Å². The Morgan fingerprint density at radius 2 is 1.66 bits per heavy atom. The molecule has 0 aliphatic heterocycles. The molecule has 0 unspecified atom stereocenters. The molecule has 3 aromatic heterocycles. The van der Waals surface area contributed by atoms with Gasteiger partial charge in [-0.15, -0.1) is 0 Å². The molecule has 0 bridgehead atoms. The number of hydrogen-bond donors (Lipinski definition) is 0. The molecule has 3 aromatic carbocycles. The predicted molar refractivity (Wildman–Crippen MR) is 134 cm³/mol. The number of nitrogens with zero attached hydrogens (tertiary/aromatic N) is 2. The summed E-state index contributed by atoms with van der Waals surface area (Å²) in [7, 11) is 0. The predicted octanol–water partition coefficient (Wildman–Crippen LogP) is 8.04. The highest BCUT2D eigenvalue weighted by Crippen LogP contribution is 2.43. The van der Waals surface area contributed by atoms with E-state index in [1.165, 1.54) is 6.20 Å². The summed E-state index contributed by atoms with van der Waals surface area (Å²) < 4.78 is 49.9. The van der Waals surface area contributed by atoms with Crippen LogP contribution in [-0.4, -0.2) is 9.97 Å². The summed E-state index contributed by atoms with van der Waals surface area (Å²) in [5, 5.41) is 5.44. The first kappa shape index (κ1) is 14.6. The molecule has 0 fully saturated rings. The topological polar surface area (TPSA) is 38.9 Å². The van der Waals surface area contributed by atoms with Crippen LogP contribution in [0.5, 0.6) is 0 Å². The molecule has 0 aliphatic carbocycles. The van der Waals surface area contributed by atoms with Crippen LogP contribution in [0.3, 0.4) is 0 Å². The fourth-order valence-corrected chi connectivity index (χ4v) is 4.67. The molecule has 6 aromatic rings. The van der Waals surface area contributed by atoms with Gasteiger partial charge >= 0.3 is 0 Å². The fraction of sp³-hybridized carbons (Fsp3) is 0.241. The van der Waals surface area contributed by atoms with Gasteiger partial charge in [0.2, 0.25) is 5.71 Å². The number of fused-ring (bicyclic) bond motifs is 10. The van der Waals surface area contributed by atoms with Crippen molar-refractivity contribution in [2.75, 3.05) is 0 Å². The van der Waals surface area contributed by atoms with Crippen LogP contribution in [0.2, 0.25) is 0 Å². The Kier molecular flexibility index (Phi) is 2.97. The Morgan fingerprint density at radius 1 is 0.906 bits per heavy atom. The molecule has 3 nitrogen and oxygen atoms in total. The lowest BCUT2D eigenvalue weighted by Gasteiger charge is -2.22. The minimum absolute atomic E-state index is 0.0846. The van der Waals surface area contributed by atoms with Gasteiger partial charge < -0.3 is 4.42 Å². The minimum Gasteiger partial charge on any atom is -0.437 e. The number of benzene rings is 3. The molecule has 0 N–H and O–H groups in total. The van der Waals surface area contributed by atoms with Gasteiger partial charge in [0.25, 0.3) is 0 Å². The first-order chi connectivity index (χ1) is 17.3. The molecule has 3 heterocycles. The average Bonchev–Trinajstić information content (AvgIpc) is 3.19. The van der Waals surface area contributed by atoms with Gasteiger partial charge in [0.15, 0.2) is 0 Å². The second kappa shape index (κ2) is 6.52. The number of furan rings is 1. The SMILES string of the molecule is [2H]C([2H])([2H])c1cnc2c3ccccc3c3ccc4c5ccc(C)nc5oc4c3c2c1C([2H])([2H])C(C)(C)C. The summed E-state index contributed by atoms with van der Waals surface area (Å²) in [4.78, 5) is 9.26. The Bertz CT molecular complexity index is 1900. The summed E-state index contributed by atoms with van der Waals surface area (Å²) >= 11 is 0. The quantitative estimate of drug-likeness (QED) is 0.251. The van der Waals surface area contributed by atoms with Crippen molar-refractivity contribution < 1.29 is 11.3 Å². The van der Waals surface area contributed by atoms with Gasteiger partial charge in [-0.05, 0) is 65.7 Å². The first-order valence-electron chi connectivity index (χ1n) is 13.3. The van der Waals surface area contributed by atoms with E-state index in [0.717, 1.165) is 32.6 Å². The number of aromatic nitrogens is 2. The highest BCUT2D eigenvalue weighted by molar-refractivity contribution is 6.32. The molecule has 0 radical (unpaired) electrons. The third-order valence-electron chi connectivity index (χ3n) is 5.95. The van der Waals surface area contributed by atoms with Crippen LogP contribution >= 0.6 is 0 Å². The van der Waals surface area contributed by atoms with Crippen molar-refractivity contribution in [3.63, 3.8) is 0 Å². The van der Waals surface area contributed by atoms with Gasteiger partial charge in [-0.2, -0.15) is 0 Å². The Balaban J connectivity index is 2.00. The third-order valence-corrected chi connectivity index (χ3v) is 5.95. The zero-order valence-electron chi connectivity index (χ0n) is 23.5. The molecule has 0 saturated heterocycles. The monoisotopic (exact) mass is 423 g/mol. The number of pyridine rings is 2. The highest BCUT2D eigenvalue weighted by Gasteiger charge is 2.22. The second-order valence-electron chi connectivity index (χ2n) is 9.46. The van der Waals surface area contributed by atoms with Crippen molar-refractivity contribution in [2.45, 2.75) is 40.9 Å². The maximum Gasteiger partial charge on any atom is 0.227 e. The Morgan fingerprint density at radius 3 is 2.44 bits per heavy atom. The zero-order chi connectivity index (χ0) is 26.5. The molecular weight excluding hydrogens is 392 g/mol. The van der Waals surface area contributed by atoms with Gasteiger partial charge in [-0.3, -0.25) is 4.98 Å². The maximum absolute atomic E-state index is 9.29. The minimum atomic E-state index is -2.56. The van der Waals surface area contributed by atoms with Crippen LogP contribution in [0.1, 0.15) is 44.4 Å². The lowest BCUT2D eigenvalue weighted by Crippen LogP contribution is -2.11. The van der Waals surface area contributed by atoms with Gasteiger partial charge in [0, 0.05) is 45.7 Å². The normalized spacial score (nSPS) is 15.8. The van der Waals surface area contributed by atoms with Crippen molar-refractivity contribution in [2.24, 2.45) is 5.41 Å². The molecule has 0 saturated carbocycles. The number of rotatable bonds is 1. The van der Waals surface area contributed by atoms with E-state index < -0.39 is 18.6 Å². The van der Waals surface area contributed by atoms with Crippen LogP contribution < -0.4 is 0 Å². The van der Waals surface area contributed by atoms with Crippen molar-refractivity contribution in [1.29, 1.82) is 0 Å². The Labute approximate surface area is 194 Å². The molecule has 0 atom stereocenters. The fourth-order valence-electron chi connectivity index (χ4n) is 4.67. The van der Waals surface area contributed by atoms with E-state index >= 15 is 0 Å². The maximum atomic E-state index is 9.29. The summed E-state index contributed by atoms with van der Waals surface area (Å²) in [5.74, 6) is 0. The molecule has 0 aliphatic rings. The summed E-state index contributed by atoms with van der Waals surface area (Å²) in [5.41, 5.74) is 1.57. The van der Waals surface area contributed by atoms with E-state index in [-0.39, 0.29) is 11.1 Å². The van der Waals surface area contributed by atoms with Crippen molar-refractivity contribution in [1.82, 2.24) is 9.97 Å². The van der Waals surface area contributed by atoms with Crippen molar-refractivity contribution in [3.05, 3.63) is 71.5 Å². The Hall–Kier alpha value is -3.46. The lowest BCUT2D eigenvalue weighted by molar-refractivity contribution is 0.412. The van der Waals surface area contributed by atoms with Gasteiger partial charge in [-0.25, -0.2) is 4.98 Å². The summed E-state index contributed by atoms with van der Waals surface area (Å²) in [6.45, 7) is 4.70. The second-order valence-corrected chi connectivity index (χ2v) is 9.46. The van der Waals surface area contributed by atoms with Gasteiger partial charge in [0.05, 0.1) is 5.52 Å². The summed E-state index contributed by atoms with van der Waals surface area (Å²) in [6, 6.07) is 15.7. The summed E-state index contributed by atoms with van der Waals surface area (Å²) in [6.07, 6.45) is -0.674. The average molecular weight is 424 g/mol. The molecule has 6 rings (SSSR count). The molecular formula is C29H26N2O. The van der Waals surface area contributed by atoms with Crippen LogP contribution in [-0.2, 0) is 6.37 Å². The van der Waals surface area contributed by atoms with Crippen LogP contribution in [0, 0.1) is 19.2 Å². The molecule has 0 amide bonds. The van der Waals surface area contributed by atoms with E-state index in [0.29, 0.717) is 27.6 Å². The smallest absolute Gasteiger partial charge is 0.227 e. The van der Waals surface area contributed by atoms with Crippen molar-refractivity contribution >= 4 is 54.5 Å². The van der Waals surface area contributed by atoms with Gasteiger partial charge in [0.1, 0.15) is 5.58 Å². The van der Waals surface area contributed by atoms with Crippen LogP contribution in [0.15, 0.2) is 59.1 Å². The van der Waals surface area contributed by atoms with Crippen molar-refractivity contribution in [3.8, 4) is 0 Å². The molecule has 158 valence electrons. The van der Waals surface area contributed by atoms with Crippen LogP contribution in [0.25, 0.3) is 54.5 Å². The number of hydrogen-bond acceptors (Lipinski definition) is 3. The first-order valence-corrected chi connectivity index (χ1v) is 10.8. The third kappa shape index (κ3) is 2.74. The molecule has 3 heteroatoms. The molecule has 0 spiro atoms. The standard InChI is InChI=1S/C29H26N2O/c1-16-15-30-26-20-9-7-6-8-18(20)19-12-13-21-22-11-10-17(2)31-28(22)32-27(21)25(19)24(26)23(16)14-29(3,4)5/h6-13,15H,14H2,1-5H3/i1D3,14D2. The van der Waals surface area contributed by atoms with Crippen LogP contribution in [0.4, 0.5) is 0 Å². The molecule has 32 heavy (non-hydrogen) atoms. The van der Waals surface area contributed by atoms with E-state index in [2.05, 4.69) is 9.97 Å².